The molecule has 3 rings (SSSR count). The maximum atomic E-state index is 12.6. The number of nitrogens with one attached hydrogen (secondary N) is 1. The second-order valence-corrected chi connectivity index (χ2v) is 6.55. The van der Waals surface area contributed by atoms with Crippen LogP contribution in [0.25, 0.3) is 6.08 Å². The first-order chi connectivity index (χ1) is 13.9. The van der Waals surface area contributed by atoms with Crippen molar-refractivity contribution in [1.29, 1.82) is 0 Å². The molecule has 1 aliphatic heterocycles. The first-order valence-corrected chi connectivity index (χ1v) is 9.19. The molecule has 1 aromatic heterocycles. The van der Waals surface area contributed by atoms with Crippen molar-refractivity contribution < 1.29 is 28.3 Å². The van der Waals surface area contributed by atoms with E-state index in [2.05, 4.69) is 10.1 Å². The molecule has 0 saturated carbocycles. The van der Waals surface area contributed by atoms with Crippen molar-refractivity contribution in [2.24, 2.45) is 0 Å². The van der Waals surface area contributed by atoms with Crippen molar-refractivity contribution in [3.05, 3.63) is 59.2 Å². The van der Waals surface area contributed by atoms with Gasteiger partial charge in [-0.05, 0) is 49.2 Å². The summed E-state index contributed by atoms with van der Waals surface area (Å²) in [5, 5.41) is 2.56. The summed E-state index contributed by atoms with van der Waals surface area (Å²) in [5.41, 5.74) is 0.873. The fraction of sp³-hybridized carbons (Fsp3) is 0.286. The average Bonchev–Trinajstić information content (AvgIpc) is 3.28. The minimum atomic E-state index is -0.631. The number of amides is 3. The summed E-state index contributed by atoms with van der Waals surface area (Å²) in [7, 11) is 1.24. The predicted molar refractivity (Wildman–Crippen MR) is 104 cm³/mol. The molecule has 0 unspecified atom stereocenters. The molecule has 0 radical (unpaired) electrons. The topological polar surface area (TPSA) is 98.1 Å². The molecule has 1 fully saturated rings. The molecular weight excluding hydrogens is 376 g/mol. The highest BCUT2D eigenvalue weighted by atomic mass is 16.5. The van der Waals surface area contributed by atoms with Crippen LogP contribution in [0.4, 0.5) is 4.79 Å². The molecule has 8 heteroatoms. The van der Waals surface area contributed by atoms with Crippen LogP contribution in [0, 0.1) is 0 Å². The van der Waals surface area contributed by atoms with Crippen molar-refractivity contribution in [2.75, 3.05) is 7.11 Å². The molecule has 1 aliphatic rings. The molecule has 29 heavy (non-hydrogen) atoms. The number of urea groups is 1. The second kappa shape index (κ2) is 8.64. The molecule has 0 spiro atoms. The van der Waals surface area contributed by atoms with Gasteiger partial charge in [-0.3, -0.25) is 9.69 Å². The van der Waals surface area contributed by atoms with Crippen LogP contribution in [0.2, 0.25) is 0 Å². The van der Waals surface area contributed by atoms with Crippen LogP contribution in [0.5, 0.6) is 5.75 Å². The van der Waals surface area contributed by atoms with E-state index in [9.17, 15) is 14.4 Å². The number of carbonyl (C=O) groups excluding carboxylic acids is 3. The lowest BCUT2D eigenvalue weighted by Crippen LogP contribution is -2.30. The highest BCUT2D eigenvalue weighted by Gasteiger charge is 2.34. The molecule has 8 nitrogen and oxygen atoms in total. The Morgan fingerprint density at radius 3 is 2.79 bits per heavy atom. The Bertz CT molecular complexity index is 962. The largest absolute Gasteiger partial charge is 0.491 e. The predicted octanol–water partition coefficient (Wildman–Crippen LogP) is 3.34. The number of carbonyl (C=O) groups is 3. The molecule has 0 aliphatic carbocycles. The number of methoxy groups -OCH3 is 1. The summed E-state index contributed by atoms with van der Waals surface area (Å²) in [6.07, 6.45) is 2.54. The monoisotopic (exact) mass is 398 g/mol. The van der Waals surface area contributed by atoms with Crippen molar-refractivity contribution in [2.45, 2.75) is 32.9 Å². The summed E-state index contributed by atoms with van der Waals surface area (Å²) in [4.78, 5) is 37.3. The van der Waals surface area contributed by atoms with Gasteiger partial charge >= 0.3 is 12.0 Å². The standard InChI is InChI=1S/C21H22N2O6/c1-4-13(2)28-15-7-5-6-14(10-15)11-17-19(24)23(21(26)22-17)12-16-8-9-18(29-16)20(25)27-3/h5-11,13H,4,12H2,1-3H3,(H,22,26)/b17-11-/t13-/m1/s1. The number of rotatable bonds is 7. The zero-order valence-electron chi connectivity index (χ0n) is 16.4. The Balaban J connectivity index is 1.74. The minimum Gasteiger partial charge on any atom is -0.491 e. The van der Waals surface area contributed by atoms with Crippen LogP contribution in [-0.4, -0.2) is 36.0 Å². The lowest BCUT2D eigenvalue weighted by Gasteiger charge is -2.12. The van der Waals surface area contributed by atoms with E-state index in [4.69, 9.17) is 9.15 Å². The number of ether oxygens (including phenoxy) is 2. The summed E-state index contributed by atoms with van der Waals surface area (Å²) < 4.78 is 15.7. The molecule has 2 aromatic rings. The van der Waals surface area contributed by atoms with Crippen molar-refractivity contribution in [1.82, 2.24) is 10.2 Å². The number of imide groups is 1. The molecule has 152 valence electrons. The van der Waals surface area contributed by atoms with Gasteiger partial charge in [0.2, 0.25) is 5.76 Å². The highest BCUT2D eigenvalue weighted by molar-refractivity contribution is 6.13. The third-order valence-electron chi connectivity index (χ3n) is 4.41. The Labute approximate surface area is 168 Å². The van der Waals surface area contributed by atoms with Crippen LogP contribution in [0.15, 0.2) is 46.5 Å². The van der Waals surface area contributed by atoms with E-state index in [0.717, 1.165) is 16.9 Å². The van der Waals surface area contributed by atoms with E-state index in [-0.39, 0.29) is 24.1 Å². The van der Waals surface area contributed by atoms with Gasteiger partial charge in [0.1, 0.15) is 17.2 Å². The van der Waals surface area contributed by atoms with Gasteiger partial charge in [-0.2, -0.15) is 0 Å². The Morgan fingerprint density at radius 1 is 1.28 bits per heavy atom. The third kappa shape index (κ3) is 4.66. The number of benzene rings is 1. The van der Waals surface area contributed by atoms with Gasteiger partial charge in [0.05, 0.1) is 19.8 Å². The summed E-state index contributed by atoms with van der Waals surface area (Å²) in [5.74, 6) is -0.136. The van der Waals surface area contributed by atoms with E-state index in [1.807, 2.05) is 32.0 Å². The van der Waals surface area contributed by atoms with Gasteiger partial charge in [0.15, 0.2) is 0 Å². The van der Waals surface area contributed by atoms with Crippen LogP contribution in [0.1, 0.15) is 42.1 Å². The summed E-state index contributed by atoms with van der Waals surface area (Å²) in [6.45, 7) is 3.91. The van der Waals surface area contributed by atoms with E-state index >= 15 is 0 Å². The molecule has 1 aromatic carbocycles. The zero-order valence-corrected chi connectivity index (χ0v) is 16.4. The van der Waals surface area contributed by atoms with Crippen molar-refractivity contribution in [3.8, 4) is 5.75 Å². The molecule has 1 N–H and O–H groups in total. The molecular formula is C21H22N2O6. The molecule has 2 heterocycles. The first kappa shape index (κ1) is 20.2. The lowest BCUT2D eigenvalue weighted by atomic mass is 10.1. The zero-order chi connectivity index (χ0) is 21.0. The maximum absolute atomic E-state index is 12.6. The third-order valence-corrected chi connectivity index (χ3v) is 4.41. The Morgan fingerprint density at radius 2 is 2.07 bits per heavy atom. The van der Waals surface area contributed by atoms with Gasteiger partial charge < -0.3 is 19.2 Å². The number of hydrogen-bond donors (Lipinski definition) is 1. The first-order valence-electron chi connectivity index (χ1n) is 9.19. The molecule has 3 amide bonds. The van der Waals surface area contributed by atoms with Gasteiger partial charge in [0, 0.05) is 0 Å². The van der Waals surface area contributed by atoms with E-state index in [1.54, 1.807) is 12.1 Å². The van der Waals surface area contributed by atoms with Crippen LogP contribution < -0.4 is 10.1 Å². The quantitative estimate of drug-likeness (QED) is 0.436. The summed E-state index contributed by atoms with van der Waals surface area (Å²) >= 11 is 0. The Hall–Kier alpha value is -3.55. The van der Waals surface area contributed by atoms with Crippen LogP contribution in [0.3, 0.4) is 0 Å². The number of nitrogens with zero attached hydrogens (tertiary/aromatic N) is 1. The second-order valence-electron chi connectivity index (χ2n) is 6.55. The van der Waals surface area contributed by atoms with Gasteiger partial charge in [0.25, 0.3) is 5.91 Å². The van der Waals surface area contributed by atoms with E-state index < -0.39 is 17.9 Å². The maximum Gasteiger partial charge on any atom is 0.373 e. The fourth-order valence-corrected chi connectivity index (χ4v) is 2.70. The smallest absolute Gasteiger partial charge is 0.373 e. The van der Waals surface area contributed by atoms with Gasteiger partial charge in [-0.25, -0.2) is 9.59 Å². The molecule has 1 atom stereocenters. The lowest BCUT2D eigenvalue weighted by molar-refractivity contribution is -0.123. The fourth-order valence-electron chi connectivity index (χ4n) is 2.70. The molecule has 0 bridgehead atoms. The molecule has 1 saturated heterocycles. The number of esters is 1. The Kier molecular flexibility index (Phi) is 6.01. The average molecular weight is 398 g/mol. The minimum absolute atomic E-state index is 0.00319. The van der Waals surface area contributed by atoms with Crippen LogP contribution >= 0.6 is 0 Å². The van der Waals surface area contributed by atoms with Crippen LogP contribution in [-0.2, 0) is 16.1 Å². The van der Waals surface area contributed by atoms with Gasteiger partial charge in [-0.15, -0.1) is 0 Å². The summed E-state index contributed by atoms with van der Waals surface area (Å²) in [6, 6.07) is 9.66. The number of hydrogen-bond acceptors (Lipinski definition) is 6. The highest BCUT2D eigenvalue weighted by Crippen LogP contribution is 2.21. The normalized spacial score (nSPS) is 16.1. The van der Waals surface area contributed by atoms with E-state index in [1.165, 1.54) is 19.2 Å². The van der Waals surface area contributed by atoms with E-state index in [0.29, 0.717) is 11.5 Å². The number of furan rings is 1. The van der Waals surface area contributed by atoms with Gasteiger partial charge in [-0.1, -0.05) is 19.1 Å². The van der Waals surface area contributed by atoms with Crippen molar-refractivity contribution >= 4 is 24.0 Å². The SMILES string of the molecule is CC[C@@H](C)Oc1cccc(/C=C2\NC(=O)N(Cc3ccc(C(=O)OC)o3)C2=O)c1. The van der Waals surface area contributed by atoms with Crippen molar-refractivity contribution in [3.63, 3.8) is 0 Å².